The highest BCUT2D eigenvalue weighted by Crippen LogP contribution is 2.16. The number of phenolic OH excluding ortho intramolecular Hbond substituents is 1. The molecule has 0 aliphatic rings. The zero-order chi connectivity index (χ0) is 16.8. The predicted molar refractivity (Wildman–Crippen MR) is 91.4 cm³/mol. The van der Waals surface area contributed by atoms with Crippen LogP contribution in [0.15, 0.2) is 67.3 Å². The van der Waals surface area contributed by atoms with Crippen LogP contribution in [0.3, 0.4) is 0 Å². The smallest absolute Gasteiger partial charge is 0.224 e. The Morgan fingerprint density at radius 2 is 1.83 bits per heavy atom. The van der Waals surface area contributed by atoms with Crippen molar-refractivity contribution < 1.29 is 9.90 Å². The first-order valence-electron chi connectivity index (χ1n) is 7.78. The number of para-hydroxylation sites is 1. The maximum Gasteiger partial charge on any atom is 0.224 e. The number of nitrogens with one attached hydrogen (secondary N) is 1. The summed E-state index contributed by atoms with van der Waals surface area (Å²) in [5.41, 5.74) is 2.85. The second kappa shape index (κ2) is 7.46. The normalized spacial score (nSPS) is 10.5. The Bertz CT molecular complexity index is 796. The van der Waals surface area contributed by atoms with Crippen molar-refractivity contribution in [2.75, 3.05) is 0 Å². The van der Waals surface area contributed by atoms with Gasteiger partial charge in [-0.05, 0) is 17.2 Å². The van der Waals surface area contributed by atoms with E-state index in [0.29, 0.717) is 12.1 Å². The summed E-state index contributed by atoms with van der Waals surface area (Å²) < 4.78 is 2.00. The number of aromatic nitrogens is 2. The fourth-order valence-corrected chi connectivity index (χ4v) is 2.45. The van der Waals surface area contributed by atoms with Gasteiger partial charge in [-0.15, -0.1) is 0 Å². The first-order valence-corrected chi connectivity index (χ1v) is 7.78. The molecule has 0 fully saturated rings. The number of aromatic hydroxyl groups is 1. The number of imidazole rings is 1. The summed E-state index contributed by atoms with van der Waals surface area (Å²) in [7, 11) is 0. The van der Waals surface area contributed by atoms with Gasteiger partial charge in [0.15, 0.2) is 0 Å². The summed E-state index contributed by atoms with van der Waals surface area (Å²) in [4.78, 5) is 16.0. The minimum absolute atomic E-state index is 0.112. The molecule has 24 heavy (non-hydrogen) atoms. The van der Waals surface area contributed by atoms with Gasteiger partial charge in [0.1, 0.15) is 5.75 Å². The van der Waals surface area contributed by atoms with Crippen molar-refractivity contribution >= 4 is 5.91 Å². The fourth-order valence-electron chi connectivity index (χ4n) is 2.45. The second-order valence-corrected chi connectivity index (χ2v) is 5.63. The average Bonchev–Trinajstić information content (AvgIpc) is 3.09. The first-order chi connectivity index (χ1) is 11.7. The summed E-state index contributed by atoms with van der Waals surface area (Å²) in [6, 6.07) is 15.0. The lowest BCUT2D eigenvalue weighted by Crippen LogP contribution is -2.24. The van der Waals surface area contributed by atoms with Crippen LogP contribution < -0.4 is 5.32 Å². The number of rotatable bonds is 6. The molecule has 3 rings (SSSR count). The van der Waals surface area contributed by atoms with E-state index in [1.807, 2.05) is 35.0 Å². The Morgan fingerprint density at radius 3 is 2.54 bits per heavy atom. The largest absolute Gasteiger partial charge is 0.508 e. The quantitative estimate of drug-likeness (QED) is 0.733. The molecule has 5 heteroatoms. The van der Waals surface area contributed by atoms with E-state index in [4.69, 9.17) is 0 Å². The van der Waals surface area contributed by atoms with E-state index in [1.165, 1.54) is 5.56 Å². The maximum atomic E-state index is 12.0. The summed E-state index contributed by atoms with van der Waals surface area (Å²) in [6.07, 6.45) is 5.64. The average molecular weight is 321 g/mol. The molecule has 1 aromatic heterocycles. The molecular formula is C19H19N3O2. The minimum Gasteiger partial charge on any atom is -0.508 e. The van der Waals surface area contributed by atoms with Crippen LogP contribution in [0.4, 0.5) is 0 Å². The maximum absolute atomic E-state index is 12.0. The van der Waals surface area contributed by atoms with Gasteiger partial charge >= 0.3 is 0 Å². The van der Waals surface area contributed by atoms with Crippen LogP contribution in [-0.2, 0) is 24.3 Å². The lowest BCUT2D eigenvalue weighted by molar-refractivity contribution is -0.120. The van der Waals surface area contributed by atoms with Crippen molar-refractivity contribution in [3.63, 3.8) is 0 Å². The Hall–Kier alpha value is -3.08. The number of nitrogens with zero attached hydrogens (tertiary/aromatic N) is 2. The molecule has 3 aromatic rings. The number of carbonyl (C=O) groups excluding carboxylic acids is 1. The first kappa shape index (κ1) is 15.8. The Balaban J connectivity index is 1.51. The van der Waals surface area contributed by atoms with Gasteiger partial charge in [0, 0.05) is 31.0 Å². The van der Waals surface area contributed by atoms with Crippen molar-refractivity contribution in [2.24, 2.45) is 0 Å². The van der Waals surface area contributed by atoms with Crippen LogP contribution in [0.5, 0.6) is 5.75 Å². The number of amides is 1. The molecule has 0 aliphatic carbocycles. The highest BCUT2D eigenvalue weighted by atomic mass is 16.3. The summed E-state index contributed by atoms with van der Waals surface area (Å²) in [5.74, 6) is 0.0375. The lowest BCUT2D eigenvalue weighted by atomic mass is 10.1. The third-order valence-electron chi connectivity index (χ3n) is 3.78. The molecule has 5 nitrogen and oxygen atoms in total. The predicted octanol–water partition coefficient (Wildman–Crippen LogP) is 2.50. The molecule has 0 aliphatic heterocycles. The molecule has 0 saturated carbocycles. The molecule has 122 valence electrons. The fraction of sp³-hybridized carbons (Fsp3) is 0.158. The summed E-state index contributed by atoms with van der Waals surface area (Å²) in [5, 5.41) is 12.6. The van der Waals surface area contributed by atoms with E-state index >= 15 is 0 Å². The molecule has 2 aromatic carbocycles. The van der Waals surface area contributed by atoms with Gasteiger partial charge in [-0.3, -0.25) is 4.79 Å². The minimum atomic E-state index is -0.112. The molecule has 0 unspecified atom stereocenters. The number of hydrogen-bond donors (Lipinski definition) is 2. The molecular weight excluding hydrogens is 302 g/mol. The molecule has 0 spiro atoms. The van der Waals surface area contributed by atoms with Crippen LogP contribution in [0, 0.1) is 0 Å². The summed E-state index contributed by atoms with van der Waals surface area (Å²) in [6.45, 7) is 1.25. The third kappa shape index (κ3) is 4.23. The van der Waals surface area contributed by atoms with Crippen molar-refractivity contribution in [3.8, 4) is 5.75 Å². The van der Waals surface area contributed by atoms with Gasteiger partial charge in [-0.2, -0.15) is 0 Å². The third-order valence-corrected chi connectivity index (χ3v) is 3.78. The van der Waals surface area contributed by atoms with Gasteiger partial charge in [0.2, 0.25) is 5.91 Å². The van der Waals surface area contributed by atoms with Gasteiger partial charge in [0.05, 0.1) is 12.7 Å². The molecule has 0 atom stereocenters. The van der Waals surface area contributed by atoms with E-state index in [1.54, 1.807) is 36.8 Å². The number of phenols is 1. The lowest BCUT2D eigenvalue weighted by Gasteiger charge is -2.08. The van der Waals surface area contributed by atoms with Crippen molar-refractivity contribution in [1.29, 1.82) is 0 Å². The highest BCUT2D eigenvalue weighted by molar-refractivity contribution is 5.79. The van der Waals surface area contributed by atoms with E-state index in [9.17, 15) is 9.90 Å². The van der Waals surface area contributed by atoms with E-state index in [2.05, 4.69) is 10.3 Å². The van der Waals surface area contributed by atoms with E-state index in [0.717, 1.165) is 12.1 Å². The SMILES string of the molecule is O=C(Cc1ccccc1O)NCc1ccc(Cn2ccnc2)cc1. The van der Waals surface area contributed by atoms with Gasteiger partial charge in [-0.25, -0.2) is 4.98 Å². The van der Waals surface area contributed by atoms with Crippen LogP contribution in [0.2, 0.25) is 0 Å². The van der Waals surface area contributed by atoms with Crippen LogP contribution in [-0.4, -0.2) is 20.6 Å². The van der Waals surface area contributed by atoms with Gasteiger partial charge < -0.3 is 15.0 Å². The van der Waals surface area contributed by atoms with Crippen molar-refractivity contribution in [1.82, 2.24) is 14.9 Å². The highest BCUT2D eigenvalue weighted by Gasteiger charge is 2.06. The number of carbonyl (C=O) groups is 1. The Morgan fingerprint density at radius 1 is 1.08 bits per heavy atom. The molecule has 1 amide bonds. The molecule has 1 heterocycles. The molecule has 2 N–H and O–H groups in total. The molecule has 0 saturated heterocycles. The molecule has 0 bridgehead atoms. The Kier molecular flexibility index (Phi) is 4.91. The van der Waals surface area contributed by atoms with Crippen LogP contribution >= 0.6 is 0 Å². The molecule has 0 radical (unpaired) electrons. The van der Waals surface area contributed by atoms with Crippen molar-refractivity contribution in [2.45, 2.75) is 19.5 Å². The standard InChI is InChI=1S/C19H19N3O2/c23-18-4-2-1-3-17(18)11-19(24)21-12-15-5-7-16(8-6-15)13-22-10-9-20-14-22/h1-10,14,23H,11-13H2,(H,21,24). The number of hydrogen-bond acceptors (Lipinski definition) is 3. The van der Waals surface area contributed by atoms with E-state index < -0.39 is 0 Å². The van der Waals surface area contributed by atoms with Crippen LogP contribution in [0.25, 0.3) is 0 Å². The van der Waals surface area contributed by atoms with Gasteiger partial charge in [0.25, 0.3) is 0 Å². The monoisotopic (exact) mass is 321 g/mol. The van der Waals surface area contributed by atoms with Crippen molar-refractivity contribution in [3.05, 3.63) is 83.9 Å². The Labute approximate surface area is 140 Å². The summed E-state index contributed by atoms with van der Waals surface area (Å²) >= 11 is 0. The van der Waals surface area contributed by atoms with E-state index in [-0.39, 0.29) is 18.1 Å². The topological polar surface area (TPSA) is 67.2 Å². The zero-order valence-electron chi connectivity index (χ0n) is 13.2. The van der Waals surface area contributed by atoms with Crippen LogP contribution in [0.1, 0.15) is 16.7 Å². The zero-order valence-corrected chi connectivity index (χ0v) is 13.2. The van der Waals surface area contributed by atoms with Gasteiger partial charge in [-0.1, -0.05) is 42.5 Å². The second-order valence-electron chi connectivity index (χ2n) is 5.63. The number of benzene rings is 2.